The average molecular weight is 425 g/mol. The summed E-state index contributed by atoms with van der Waals surface area (Å²) in [5.74, 6) is 0.348. The summed E-state index contributed by atoms with van der Waals surface area (Å²) in [6.07, 6.45) is 5.95. The highest BCUT2D eigenvalue weighted by molar-refractivity contribution is 8.09. The molecule has 150 valence electrons. The van der Waals surface area contributed by atoms with Gasteiger partial charge in [0.1, 0.15) is 0 Å². The van der Waals surface area contributed by atoms with Crippen molar-refractivity contribution in [1.82, 2.24) is 19.7 Å². The van der Waals surface area contributed by atoms with Gasteiger partial charge >= 0.3 is 0 Å². The normalized spacial score (nSPS) is 12.2. The molecular weight excluding hydrogens is 404 g/mol. The minimum absolute atomic E-state index is 0.0212. The van der Waals surface area contributed by atoms with Crippen LogP contribution in [0.2, 0.25) is 0 Å². The van der Waals surface area contributed by atoms with E-state index in [9.17, 15) is 16.8 Å². The largest absolute Gasteiger partial charge is 0.324 e. The van der Waals surface area contributed by atoms with E-state index < -0.39 is 20.0 Å². The molecule has 1 N–H and O–H groups in total. The summed E-state index contributed by atoms with van der Waals surface area (Å²) in [5, 5.41) is 8.12. The number of fused-ring (bicyclic) bond motifs is 1. The van der Waals surface area contributed by atoms with Crippen molar-refractivity contribution in [3.8, 4) is 0 Å². The summed E-state index contributed by atoms with van der Waals surface area (Å²) in [5.41, 5.74) is 1.30. The number of nitrogens with zero attached hydrogens (tertiary/aromatic N) is 5. The van der Waals surface area contributed by atoms with Crippen LogP contribution in [-0.4, -0.2) is 49.1 Å². The SMILES string of the molecule is CCCn1ncc2cnc(Nc3ccc(N(S(C)(=O)=O)S(C)(=O)=O)cc3)nc21. The first kappa shape index (κ1) is 20.0. The van der Waals surface area contributed by atoms with Crippen LogP contribution in [-0.2, 0) is 26.6 Å². The zero-order valence-electron chi connectivity index (χ0n) is 15.6. The Labute approximate surface area is 163 Å². The molecule has 0 saturated heterocycles. The van der Waals surface area contributed by atoms with Gasteiger partial charge in [-0.25, -0.2) is 26.5 Å². The molecule has 0 unspecified atom stereocenters. The Balaban J connectivity index is 1.88. The van der Waals surface area contributed by atoms with Crippen molar-refractivity contribution in [1.29, 1.82) is 0 Å². The minimum Gasteiger partial charge on any atom is -0.324 e. The van der Waals surface area contributed by atoms with Crippen molar-refractivity contribution in [2.75, 3.05) is 21.5 Å². The van der Waals surface area contributed by atoms with E-state index in [4.69, 9.17) is 0 Å². The molecule has 10 nitrogen and oxygen atoms in total. The Morgan fingerprint density at radius 3 is 2.25 bits per heavy atom. The molecule has 0 bridgehead atoms. The number of hydrogen-bond acceptors (Lipinski definition) is 8. The molecule has 0 fully saturated rings. The third-order valence-electron chi connectivity index (χ3n) is 3.75. The first-order valence-electron chi connectivity index (χ1n) is 8.35. The highest BCUT2D eigenvalue weighted by atomic mass is 32.3. The van der Waals surface area contributed by atoms with E-state index in [0.29, 0.717) is 21.0 Å². The van der Waals surface area contributed by atoms with Crippen molar-refractivity contribution in [3.63, 3.8) is 0 Å². The molecular formula is C16H20N6O4S2. The van der Waals surface area contributed by atoms with Gasteiger partial charge in [0, 0.05) is 18.4 Å². The van der Waals surface area contributed by atoms with Crippen LogP contribution in [0.4, 0.5) is 17.3 Å². The second-order valence-corrected chi connectivity index (χ2v) is 10.1. The van der Waals surface area contributed by atoms with E-state index in [1.54, 1.807) is 29.2 Å². The minimum atomic E-state index is -3.99. The standard InChI is InChI=1S/C16H20N6O4S2/c1-4-9-21-15-12(11-18-21)10-17-16(20-15)19-13-5-7-14(8-6-13)22(27(2,23)24)28(3,25)26/h5-8,10-11H,4,9H2,1-3H3,(H,17,19,20). The van der Waals surface area contributed by atoms with Gasteiger partial charge in [0.25, 0.3) is 0 Å². The monoisotopic (exact) mass is 424 g/mol. The fourth-order valence-corrected chi connectivity index (χ4v) is 5.70. The van der Waals surface area contributed by atoms with E-state index in [-0.39, 0.29) is 5.69 Å². The lowest BCUT2D eigenvalue weighted by molar-refractivity contribution is 0.590. The van der Waals surface area contributed by atoms with Crippen molar-refractivity contribution in [2.24, 2.45) is 0 Å². The number of nitrogens with one attached hydrogen (secondary N) is 1. The maximum absolute atomic E-state index is 11.8. The van der Waals surface area contributed by atoms with Crippen molar-refractivity contribution < 1.29 is 16.8 Å². The van der Waals surface area contributed by atoms with E-state index in [1.165, 1.54) is 12.1 Å². The lowest BCUT2D eigenvalue weighted by Gasteiger charge is -2.19. The molecule has 0 amide bonds. The molecule has 3 aromatic rings. The van der Waals surface area contributed by atoms with E-state index in [0.717, 1.165) is 30.9 Å². The van der Waals surface area contributed by atoms with E-state index in [1.807, 2.05) is 6.92 Å². The zero-order chi connectivity index (χ0) is 20.5. The summed E-state index contributed by atoms with van der Waals surface area (Å²) in [6.45, 7) is 2.78. The van der Waals surface area contributed by atoms with E-state index in [2.05, 4.69) is 20.4 Å². The Bertz CT molecular complexity index is 1170. The van der Waals surface area contributed by atoms with Gasteiger partial charge in [-0.2, -0.15) is 13.8 Å². The number of rotatable bonds is 7. The van der Waals surface area contributed by atoms with Crippen LogP contribution in [0, 0.1) is 0 Å². The third kappa shape index (κ3) is 4.22. The molecule has 3 rings (SSSR count). The number of sulfonamides is 2. The van der Waals surface area contributed by atoms with Crippen LogP contribution in [0.5, 0.6) is 0 Å². The summed E-state index contributed by atoms with van der Waals surface area (Å²) in [4.78, 5) is 8.70. The fourth-order valence-electron chi connectivity index (χ4n) is 2.73. The first-order valence-corrected chi connectivity index (χ1v) is 12.1. The van der Waals surface area contributed by atoms with Gasteiger partial charge in [0.2, 0.25) is 26.0 Å². The molecule has 0 saturated carbocycles. The Morgan fingerprint density at radius 1 is 1.04 bits per heavy atom. The number of hydrogen-bond donors (Lipinski definition) is 1. The molecule has 2 aromatic heterocycles. The molecule has 0 aliphatic carbocycles. The Hall–Kier alpha value is -2.73. The number of benzene rings is 1. The number of aryl methyl sites for hydroxylation is 1. The summed E-state index contributed by atoms with van der Waals surface area (Å²) >= 11 is 0. The summed E-state index contributed by atoms with van der Waals surface area (Å²) in [6, 6.07) is 5.89. The highest BCUT2D eigenvalue weighted by Crippen LogP contribution is 2.24. The Kier molecular flexibility index (Phi) is 5.26. The van der Waals surface area contributed by atoms with Crippen LogP contribution in [0.1, 0.15) is 13.3 Å². The molecule has 1 aromatic carbocycles. The predicted octanol–water partition coefficient (Wildman–Crippen LogP) is 1.71. The van der Waals surface area contributed by atoms with Crippen LogP contribution in [0.25, 0.3) is 11.0 Å². The molecule has 28 heavy (non-hydrogen) atoms. The number of aromatic nitrogens is 4. The highest BCUT2D eigenvalue weighted by Gasteiger charge is 2.27. The second kappa shape index (κ2) is 7.36. The van der Waals surface area contributed by atoms with Gasteiger partial charge in [0.05, 0.1) is 29.8 Å². The topological polar surface area (TPSA) is 127 Å². The molecule has 2 heterocycles. The van der Waals surface area contributed by atoms with Gasteiger partial charge in [-0.05, 0) is 30.7 Å². The van der Waals surface area contributed by atoms with Crippen LogP contribution < -0.4 is 9.03 Å². The molecule has 0 aliphatic rings. The quantitative estimate of drug-likeness (QED) is 0.607. The fraction of sp³-hybridized carbons (Fsp3) is 0.312. The summed E-state index contributed by atoms with van der Waals surface area (Å²) < 4.78 is 49.5. The lowest BCUT2D eigenvalue weighted by atomic mass is 10.3. The van der Waals surface area contributed by atoms with Gasteiger partial charge < -0.3 is 5.32 Å². The molecule has 0 atom stereocenters. The van der Waals surface area contributed by atoms with E-state index >= 15 is 0 Å². The second-order valence-electron chi connectivity index (χ2n) is 6.24. The van der Waals surface area contributed by atoms with Gasteiger partial charge in [-0.15, -0.1) is 0 Å². The zero-order valence-corrected chi connectivity index (χ0v) is 17.2. The smallest absolute Gasteiger partial charge is 0.245 e. The molecule has 12 heteroatoms. The lowest BCUT2D eigenvalue weighted by Crippen LogP contribution is -2.35. The van der Waals surface area contributed by atoms with Crippen molar-refractivity contribution in [2.45, 2.75) is 19.9 Å². The average Bonchev–Trinajstić information content (AvgIpc) is 2.97. The van der Waals surface area contributed by atoms with Crippen LogP contribution in [0.3, 0.4) is 0 Å². The molecule has 0 spiro atoms. The Morgan fingerprint density at radius 2 is 1.68 bits per heavy atom. The maximum atomic E-state index is 11.8. The predicted molar refractivity (Wildman–Crippen MR) is 108 cm³/mol. The third-order valence-corrected chi connectivity index (χ3v) is 7.00. The van der Waals surface area contributed by atoms with Gasteiger partial charge in [-0.1, -0.05) is 6.92 Å². The maximum Gasteiger partial charge on any atom is 0.245 e. The van der Waals surface area contributed by atoms with Crippen molar-refractivity contribution in [3.05, 3.63) is 36.7 Å². The molecule has 0 radical (unpaired) electrons. The van der Waals surface area contributed by atoms with Crippen molar-refractivity contribution >= 4 is 48.4 Å². The van der Waals surface area contributed by atoms with Crippen LogP contribution >= 0.6 is 0 Å². The number of anilines is 3. The van der Waals surface area contributed by atoms with Gasteiger partial charge in [-0.3, -0.25) is 0 Å². The van der Waals surface area contributed by atoms with Gasteiger partial charge in [0.15, 0.2) is 5.65 Å². The summed E-state index contributed by atoms with van der Waals surface area (Å²) in [7, 11) is -7.97. The van der Waals surface area contributed by atoms with Crippen LogP contribution in [0.15, 0.2) is 36.7 Å². The molecule has 0 aliphatic heterocycles. The first-order chi connectivity index (χ1) is 13.1.